The lowest BCUT2D eigenvalue weighted by Gasteiger charge is -2.32. The highest BCUT2D eigenvalue weighted by molar-refractivity contribution is 7.98. The molecule has 1 aromatic carbocycles. The SMILES string of the molecule is CCOC(=O)C(C)(C)CCN1C(=S)N(c2ccc(C#N)c(SC)c2F)C(=O)C1(C)C. The minimum Gasteiger partial charge on any atom is -0.466 e. The van der Waals surface area contributed by atoms with Crippen LogP contribution in [0.2, 0.25) is 0 Å². The molecule has 1 heterocycles. The zero-order valence-corrected chi connectivity index (χ0v) is 19.7. The fourth-order valence-corrected chi connectivity index (χ4v) is 4.37. The van der Waals surface area contributed by atoms with Crippen molar-refractivity contribution in [1.29, 1.82) is 5.26 Å². The van der Waals surface area contributed by atoms with E-state index in [9.17, 15) is 14.9 Å². The lowest BCUT2D eigenvalue weighted by molar-refractivity contribution is -0.153. The Morgan fingerprint density at radius 2 is 2.03 bits per heavy atom. The summed E-state index contributed by atoms with van der Waals surface area (Å²) in [6, 6.07) is 4.85. The minimum absolute atomic E-state index is 0.0218. The highest BCUT2D eigenvalue weighted by atomic mass is 32.2. The van der Waals surface area contributed by atoms with E-state index in [1.807, 2.05) is 6.07 Å². The molecular formula is C21H26FN3O3S2. The number of hydrogen-bond donors (Lipinski definition) is 0. The molecule has 1 fully saturated rings. The Hall–Kier alpha value is -2.18. The molecule has 30 heavy (non-hydrogen) atoms. The number of rotatable bonds is 7. The van der Waals surface area contributed by atoms with Crippen LogP contribution in [0, 0.1) is 22.6 Å². The second-order valence-electron chi connectivity index (χ2n) is 8.08. The number of hydrogen-bond acceptors (Lipinski definition) is 6. The third-order valence-corrected chi connectivity index (χ3v) is 6.46. The number of halogens is 1. The Morgan fingerprint density at radius 3 is 2.57 bits per heavy atom. The molecular weight excluding hydrogens is 425 g/mol. The first-order valence-corrected chi connectivity index (χ1v) is 11.2. The maximum absolute atomic E-state index is 15.2. The van der Waals surface area contributed by atoms with Gasteiger partial charge in [0, 0.05) is 6.54 Å². The van der Waals surface area contributed by atoms with Crippen LogP contribution in [0.5, 0.6) is 0 Å². The van der Waals surface area contributed by atoms with Gasteiger partial charge < -0.3 is 9.64 Å². The van der Waals surface area contributed by atoms with Crippen molar-refractivity contribution in [2.24, 2.45) is 5.41 Å². The van der Waals surface area contributed by atoms with E-state index < -0.39 is 16.8 Å². The number of carbonyl (C=O) groups is 2. The molecule has 0 spiro atoms. The molecule has 0 atom stereocenters. The maximum atomic E-state index is 15.2. The Labute approximate surface area is 186 Å². The molecule has 0 aliphatic carbocycles. The predicted octanol–water partition coefficient (Wildman–Crippen LogP) is 4.11. The van der Waals surface area contributed by atoms with Crippen LogP contribution in [-0.2, 0) is 14.3 Å². The predicted molar refractivity (Wildman–Crippen MR) is 119 cm³/mol. The van der Waals surface area contributed by atoms with Gasteiger partial charge in [0.25, 0.3) is 5.91 Å². The topological polar surface area (TPSA) is 73.6 Å². The molecule has 162 valence electrons. The average molecular weight is 452 g/mol. The highest BCUT2D eigenvalue weighted by Crippen LogP contribution is 2.38. The van der Waals surface area contributed by atoms with Crippen molar-refractivity contribution in [1.82, 2.24) is 4.90 Å². The van der Waals surface area contributed by atoms with Gasteiger partial charge in [0.1, 0.15) is 11.6 Å². The number of anilines is 1. The van der Waals surface area contributed by atoms with E-state index in [0.717, 1.165) is 11.8 Å². The van der Waals surface area contributed by atoms with Gasteiger partial charge in [-0.05, 0) is 71.6 Å². The van der Waals surface area contributed by atoms with E-state index in [0.29, 0.717) is 13.0 Å². The Kier molecular flexibility index (Phi) is 7.15. The fraction of sp³-hybridized carbons (Fsp3) is 0.524. The standard InChI is InChI=1S/C21H26FN3O3S2/c1-7-28-18(27)20(2,3)10-11-24-19(29)25(17(26)21(24,4)5)14-9-8-13(12-23)16(30-6)15(14)22/h8-9H,7,10-11H2,1-6H3. The minimum atomic E-state index is -1.01. The third kappa shape index (κ3) is 4.16. The number of benzene rings is 1. The summed E-state index contributed by atoms with van der Waals surface area (Å²) < 4.78 is 20.3. The van der Waals surface area contributed by atoms with Crippen LogP contribution in [0.3, 0.4) is 0 Å². The number of carbonyl (C=O) groups excluding carboxylic acids is 2. The number of thioether (sulfide) groups is 1. The molecule has 1 aliphatic rings. The third-order valence-electron chi connectivity index (χ3n) is 5.25. The summed E-state index contributed by atoms with van der Waals surface area (Å²) in [5.74, 6) is -1.34. The van der Waals surface area contributed by atoms with Crippen LogP contribution in [0.15, 0.2) is 17.0 Å². The number of nitrogens with zero attached hydrogens (tertiary/aromatic N) is 3. The van der Waals surface area contributed by atoms with Crippen LogP contribution in [-0.4, -0.2) is 46.8 Å². The van der Waals surface area contributed by atoms with E-state index in [1.54, 1.807) is 45.8 Å². The first-order valence-electron chi connectivity index (χ1n) is 9.54. The molecule has 9 heteroatoms. The number of nitriles is 1. The van der Waals surface area contributed by atoms with Crippen molar-refractivity contribution in [3.8, 4) is 6.07 Å². The molecule has 0 saturated carbocycles. The highest BCUT2D eigenvalue weighted by Gasteiger charge is 2.50. The molecule has 0 aromatic heterocycles. The van der Waals surface area contributed by atoms with Crippen molar-refractivity contribution in [3.05, 3.63) is 23.5 Å². The number of esters is 1. The second-order valence-corrected chi connectivity index (χ2v) is 9.26. The summed E-state index contributed by atoms with van der Waals surface area (Å²) in [7, 11) is 0. The van der Waals surface area contributed by atoms with Crippen LogP contribution in [0.1, 0.15) is 46.6 Å². The van der Waals surface area contributed by atoms with Gasteiger partial charge in [0.05, 0.1) is 28.2 Å². The summed E-state index contributed by atoms with van der Waals surface area (Å²) in [6.07, 6.45) is 2.07. The summed E-state index contributed by atoms with van der Waals surface area (Å²) in [5.41, 5.74) is -1.55. The number of ether oxygens (including phenoxy) is 1. The number of amides is 1. The van der Waals surface area contributed by atoms with Gasteiger partial charge in [0.15, 0.2) is 10.9 Å². The monoisotopic (exact) mass is 451 g/mol. The first kappa shape index (κ1) is 24.1. The van der Waals surface area contributed by atoms with Crippen LogP contribution in [0.25, 0.3) is 0 Å². The van der Waals surface area contributed by atoms with E-state index >= 15 is 4.39 Å². The van der Waals surface area contributed by atoms with Gasteiger partial charge in [-0.1, -0.05) is 0 Å². The summed E-state index contributed by atoms with van der Waals surface area (Å²) in [5, 5.41) is 9.37. The van der Waals surface area contributed by atoms with Crippen LogP contribution >= 0.6 is 24.0 Å². The van der Waals surface area contributed by atoms with Crippen molar-refractivity contribution in [3.63, 3.8) is 0 Å². The molecule has 0 bridgehead atoms. The van der Waals surface area contributed by atoms with Crippen molar-refractivity contribution in [2.45, 2.75) is 51.5 Å². The van der Waals surface area contributed by atoms with Gasteiger partial charge in [-0.2, -0.15) is 5.26 Å². The van der Waals surface area contributed by atoms with Gasteiger partial charge >= 0.3 is 5.97 Å². The van der Waals surface area contributed by atoms with E-state index in [2.05, 4.69) is 0 Å². The molecule has 6 nitrogen and oxygen atoms in total. The van der Waals surface area contributed by atoms with Crippen molar-refractivity contribution < 1.29 is 18.7 Å². The number of thiocarbonyl (C=S) groups is 1. The molecule has 0 N–H and O–H groups in total. The van der Waals surface area contributed by atoms with E-state index in [-0.39, 0.29) is 39.7 Å². The van der Waals surface area contributed by atoms with Gasteiger partial charge in [-0.3, -0.25) is 14.5 Å². The van der Waals surface area contributed by atoms with Crippen LogP contribution < -0.4 is 4.90 Å². The summed E-state index contributed by atoms with van der Waals surface area (Å²) >= 11 is 6.65. The quantitative estimate of drug-likeness (QED) is 0.351. The largest absolute Gasteiger partial charge is 0.466 e. The van der Waals surface area contributed by atoms with Gasteiger partial charge in [0.2, 0.25) is 0 Å². The van der Waals surface area contributed by atoms with E-state index in [1.165, 1.54) is 17.0 Å². The average Bonchev–Trinajstić information content (AvgIpc) is 2.85. The lowest BCUT2D eigenvalue weighted by Crippen LogP contribution is -2.46. The first-order chi connectivity index (χ1) is 13.9. The smallest absolute Gasteiger partial charge is 0.311 e. The second kappa shape index (κ2) is 8.90. The Balaban J connectivity index is 2.37. The zero-order valence-electron chi connectivity index (χ0n) is 18.0. The normalized spacial score (nSPS) is 16.1. The zero-order chi connectivity index (χ0) is 22.9. The van der Waals surface area contributed by atoms with Crippen LogP contribution in [0.4, 0.5) is 10.1 Å². The van der Waals surface area contributed by atoms with E-state index in [4.69, 9.17) is 17.0 Å². The molecule has 1 saturated heterocycles. The van der Waals surface area contributed by atoms with Gasteiger partial charge in [-0.15, -0.1) is 11.8 Å². The Bertz CT molecular complexity index is 925. The van der Waals surface area contributed by atoms with Crippen molar-refractivity contribution in [2.75, 3.05) is 24.3 Å². The lowest BCUT2D eigenvalue weighted by atomic mass is 9.88. The van der Waals surface area contributed by atoms with Crippen molar-refractivity contribution >= 4 is 46.7 Å². The maximum Gasteiger partial charge on any atom is 0.311 e. The van der Waals surface area contributed by atoms with Gasteiger partial charge in [-0.25, -0.2) is 4.39 Å². The molecule has 0 unspecified atom stereocenters. The summed E-state index contributed by atoms with van der Waals surface area (Å²) in [6.45, 7) is 9.36. The molecule has 1 aliphatic heterocycles. The fourth-order valence-electron chi connectivity index (χ4n) is 3.25. The Morgan fingerprint density at radius 1 is 1.40 bits per heavy atom. The summed E-state index contributed by atoms with van der Waals surface area (Å²) in [4.78, 5) is 28.5. The molecule has 1 amide bonds. The molecule has 2 rings (SSSR count). The molecule has 0 radical (unpaired) electrons. The molecule has 1 aromatic rings.